The van der Waals surface area contributed by atoms with E-state index in [0.717, 1.165) is 27.3 Å². The molecule has 1 aromatic carbocycles. The highest BCUT2D eigenvalue weighted by Gasteiger charge is 2.23. The Morgan fingerprint density at radius 3 is 2.59 bits per heavy atom. The lowest BCUT2D eigenvalue weighted by molar-refractivity contribution is -0.385. The number of nitrogens with two attached hydrogens (primary N) is 1. The molecule has 0 aliphatic heterocycles. The molecular weight excluding hydrogens is 448 g/mol. The second-order valence-corrected chi connectivity index (χ2v) is 7.18. The number of hydrogen-bond acceptors (Lipinski definition) is 9. The fourth-order valence-electron chi connectivity index (χ4n) is 3.08. The number of likely N-dealkylation sites (N-methyl/N-ethyl adjacent to an activating group) is 1. The van der Waals surface area contributed by atoms with Crippen LogP contribution >= 0.6 is 0 Å². The zero-order chi connectivity index (χ0) is 25.0. The van der Waals surface area contributed by atoms with Gasteiger partial charge in [0.2, 0.25) is 0 Å². The van der Waals surface area contributed by atoms with Crippen molar-refractivity contribution in [1.82, 2.24) is 14.5 Å². The van der Waals surface area contributed by atoms with E-state index < -0.39 is 40.3 Å². The molecule has 3 rings (SSSR count). The van der Waals surface area contributed by atoms with Crippen molar-refractivity contribution in [3.63, 3.8) is 0 Å². The van der Waals surface area contributed by atoms with Gasteiger partial charge in [0.1, 0.15) is 12.0 Å². The van der Waals surface area contributed by atoms with Crippen molar-refractivity contribution in [3.8, 4) is 0 Å². The molecule has 13 nitrogen and oxygen atoms in total. The van der Waals surface area contributed by atoms with Gasteiger partial charge in [-0.3, -0.25) is 34.2 Å². The van der Waals surface area contributed by atoms with Gasteiger partial charge in [0, 0.05) is 13.1 Å². The van der Waals surface area contributed by atoms with Gasteiger partial charge in [-0.25, -0.2) is 9.59 Å². The highest BCUT2D eigenvalue weighted by molar-refractivity contribution is 5.98. The van der Waals surface area contributed by atoms with Gasteiger partial charge >= 0.3 is 11.7 Å². The molecule has 2 heterocycles. The predicted octanol–water partition coefficient (Wildman–Crippen LogP) is 0.599. The number of H-pyrrole nitrogens is 1. The Morgan fingerprint density at radius 2 is 1.94 bits per heavy atom. The first-order chi connectivity index (χ1) is 16.1. The number of ether oxygens (including phenoxy) is 1. The third-order valence-corrected chi connectivity index (χ3v) is 4.94. The number of nitro groups is 1. The number of benzene rings is 1. The van der Waals surface area contributed by atoms with Crippen LogP contribution < -0.4 is 21.9 Å². The van der Waals surface area contributed by atoms with Crippen LogP contribution in [0, 0.1) is 17.0 Å². The number of rotatable bonds is 7. The molecule has 176 valence electrons. The molecule has 1 amide bonds. The number of carbonyl (C=O) groups is 2. The molecule has 0 aliphatic carbocycles. The van der Waals surface area contributed by atoms with Crippen LogP contribution in [0.1, 0.15) is 21.6 Å². The summed E-state index contributed by atoms with van der Waals surface area (Å²) in [5.41, 5.74) is 4.41. The third-order valence-electron chi connectivity index (χ3n) is 4.94. The molecular formula is C21H20N6O7. The summed E-state index contributed by atoms with van der Waals surface area (Å²) in [4.78, 5) is 66.6. The molecule has 13 heteroatoms. The van der Waals surface area contributed by atoms with Gasteiger partial charge in [0.05, 0.1) is 22.7 Å². The summed E-state index contributed by atoms with van der Waals surface area (Å²) >= 11 is 0. The summed E-state index contributed by atoms with van der Waals surface area (Å²) in [6, 6.07) is 9.84. The second kappa shape index (κ2) is 9.77. The van der Waals surface area contributed by atoms with Crippen molar-refractivity contribution in [2.45, 2.75) is 13.5 Å². The Balaban J connectivity index is 1.81. The van der Waals surface area contributed by atoms with Crippen LogP contribution in [0.25, 0.3) is 0 Å². The fraction of sp³-hybridized carbons (Fsp3) is 0.190. The van der Waals surface area contributed by atoms with E-state index in [1.54, 1.807) is 30.3 Å². The predicted molar refractivity (Wildman–Crippen MR) is 121 cm³/mol. The Bertz CT molecular complexity index is 1380. The van der Waals surface area contributed by atoms with E-state index in [1.807, 2.05) is 0 Å². The number of aromatic amines is 1. The SMILES string of the molecule is Cc1ncc([N+](=O)[O-])cc1C(=O)OCC(=O)N(C)c1c(N)n(Cc2ccccc2)c(=O)[nH]c1=O. The molecule has 0 atom stereocenters. The lowest BCUT2D eigenvalue weighted by atomic mass is 10.2. The Morgan fingerprint density at radius 1 is 1.26 bits per heavy atom. The lowest BCUT2D eigenvalue weighted by Gasteiger charge is -2.20. The molecule has 0 radical (unpaired) electrons. The Labute approximate surface area is 191 Å². The van der Waals surface area contributed by atoms with Gasteiger partial charge in [-0.05, 0) is 12.5 Å². The van der Waals surface area contributed by atoms with Crippen LogP contribution in [-0.4, -0.2) is 45.0 Å². The number of nitrogens with zero attached hydrogens (tertiary/aromatic N) is 4. The number of aromatic nitrogens is 3. The van der Waals surface area contributed by atoms with E-state index in [9.17, 15) is 29.3 Å². The summed E-state index contributed by atoms with van der Waals surface area (Å²) in [5, 5.41) is 10.9. The number of carbonyl (C=O) groups excluding carboxylic acids is 2. The highest BCUT2D eigenvalue weighted by Crippen LogP contribution is 2.18. The van der Waals surface area contributed by atoms with Crippen LogP contribution in [0.3, 0.4) is 0 Å². The molecule has 3 N–H and O–H groups in total. The summed E-state index contributed by atoms with van der Waals surface area (Å²) in [6.07, 6.45) is 0.991. The Kier molecular flexibility index (Phi) is 6.85. The van der Waals surface area contributed by atoms with E-state index in [0.29, 0.717) is 0 Å². The van der Waals surface area contributed by atoms with Gasteiger partial charge in [-0.1, -0.05) is 30.3 Å². The van der Waals surface area contributed by atoms with Crippen LogP contribution in [0.5, 0.6) is 0 Å². The summed E-state index contributed by atoms with van der Waals surface area (Å²) in [6.45, 7) is 0.698. The minimum Gasteiger partial charge on any atom is -0.452 e. The van der Waals surface area contributed by atoms with E-state index in [1.165, 1.54) is 14.0 Å². The summed E-state index contributed by atoms with van der Waals surface area (Å²) in [5.74, 6) is -2.09. The average Bonchev–Trinajstić information content (AvgIpc) is 2.80. The molecule has 0 aliphatic rings. The molecule has 2 aromatic heterocycles. The molecule has 0 saturated heterocycles. The summed E-state index contributed by atoms with van der Waals surface area (Å²) < 4.78 is 6.06. The van der Waals surface area contributed by atoms with Crippen molar-refractivity contribution in [1.29, 1.82) is 0 Å². The second-order valence-electron chi connectivity index (χ2n) is 7.18. The maximum absolute atomic E-state index is 12.6. The van der Waals surface area contributed by atoms with Crippen molar-refractivity contribution < 1.29 is 19.2 Å². The van der Waals surface area contributed by atoms with Gasteiger partial charge in [0.25, 0.3) is 17.2 Å². The van der Waals surface area contributed by atoms with Crippen molar-refractivity contribution in [2.75, 3.05) is 24.3 Å². The maximum Gasteiger partial charge on any atom is 0.340 e. The van der Waals surface area contributed by atoms with E-state index in [4.69, 9.17) is 10.5 Å². The molecule has 34 heavy (non-hydrogen) atoms. The quantitative estimate of drug-likeness (QED) is 0.285. The highest BCUT2D eigenvalue weighted by atomic mass is 16.6. The zero-order valence-corrected chi connectivity index (χ0v) is 18.2. The molecule has 0 spiro atoms. The minimum atomic E-state index is -1.01. The number of amides is 1. The van der Waals surface area contributed by atoms with Crippen LogP contribution in [0.15, 0.2) is 52.2 Å². The third kappa shape index (κ3) is 4.98. The standard InChI is InChI=1S/C21H20N6O7/c1-12-15(8-14(9-23-12)27(32)33)20(30)34-11-16(28)25(2)17-18(22)26(21(31)24-19(17)29)10-13-6-4-3-5-7-13/h3-9H,10-11,22H2,1-2H3,(H,24,29,31). The van der Waals surface area contributed by atoms with Gasteiger partial charge in [0.15, 0.2) is 12.3 Å². The number of esters is 1. The van der Waals surface area contributed by atoms with Crippen LogP contribution in [0.4, 0.5) is 17.2 Å². The molecule has 0 bridgehead atoms. The van der Waals surface area contributed by atoms with Gasteiger partial charge < -0.3 is 15.4 Å². The first-order valence-corrected chi connectivity index (χ1v) is 9.81. The number of anilines is 2. The van der Waals surface area contributed by atoms with Crippen molar-refractivity contribution >= 4 is 29.1 Å². The number of pyridine rings is 1. The first-order valence-electron chi connectivity index (χ1n) is 9.81. The molecule has 0 saturated carbocycles. The topological polar surface area (TPSA) is 184 Å². The minimum absolute atomic E-state index is 0.0470. The van der Waals surface area contributed by atoms with E-state index in [2.05, 4.69) is 9.97 Å². The Hall–Kier alpha value is -4.81. The average molecular weight is 468 g/mol. The first kappa shape index (κ1) is 23.8. The number of hydrogen-bond donors (Lipinski definition) is 2. The largest absolute Gasteiger partial charge is 0.452 e. The maximum atomic E-state index is 12.6. The van der Waals surface area contributed by atoms with Crippen LogP contribution in [-0.2, 0) is 16.1 Å². The monoisotopic (exact) mass is 468 g/mol. The summed E-state index contributed by atoms with van der Waals surface area (Å²) in [7, 11) is 1.23. The zero-order valence-electron chi connectivity index (χ0n) is 18.2. The smallest absolute Gasteiger partial charge is 0.340 e. The molecule has 0 unspecified atom stereocenters. The molecule has 3 aromatic rings. The van der Waals surface area contributed by atoms with Gasteiger partial charge in [-0.2, -0.15) is 0 Å². The number of aryl methyl sites for hydroxylation is 1. The van der Waals surface area contributed by atoms with Gasteiger partial charge in [-0.15, -0.1) is 0 Å². The van der Waals surface area contributed by atoms with Crippen LogP contribution in [0.2, 0.25) is 0 Å². The lowest BCUT2D eigenvalue weighted by Crippen LogP contribution is -2.40. The van der Waals surface area contributed by atoms with E-state index in [-0.39, 0.29) is 29.3 Å². The fourth-order valence-corrected chi connectivity index (χ4v) is 3.08. The van der Waals surface area contributed by atoms with Crippen molar-refractivity contribution in [3.05, 3.63) is 90.4 Å². The number of nitrogens with one attached hydrogen (secondary N) is 1. The number of nitrogen functional groups attached to an aromatic ring is 1. The normalized spacial score (nSPS) is 10.5. The van der Waals surface area contributed by atoms with E-state index >= 15 is 0 Å². The van der Waals surface area contributed by atoms with Crippen molar-refractivity contribution in [2.24, 2.45) is 0 Å². The molecule has 0 fully saturated rings.